The van der Waals surface area contributed by atoms with Gasteiger partial charge in [0.15, 0.2) is 0 Å². The molecule has 4 rings (SSSR count). The van der Waals surface area contributed by atoms with Gasteiger partial charge < -0.3 is 10.2 Å². The molecule has 188 valence electrons. The van der Waals surface area contributed by atoms with Crippen molar-refractivity contribution < 1.29 is 9.59 Å². The Morgan fingerprint density at radius 3 is 2.19 bits per heavy atom. The average Bonchev–Trinajstić information content (AvgIpc) is 3.40. The monoisotopic (exact) mass is 502 g/mol. The van der Waals surface area contributed by atoms with Gasteiger partial charge in [-0.1, -0.05) is 96.7 Å². The molecule has 2 amide bonds. The maximum absolute atomic E-state index is 13.7. The molecule has 0 heterocycles. The zero-order chi connectivity index (χ0) is 25.3. The van der Waals surface area contributed by atoms with Gasteiger partial charge in [0.1, 0.15) is 6.04 Å². The summed E-state index contributed by atoms with van der Waals surface area (Å²) >= 11 is 6.11. The van der Waals surface area contributed by atoms with Crippen molar-refractivity contribution in [2.45, 2.75) is 70.5 Å². The fourth-order valence-corrected chi connectivity index (χ4v) is 4.98. The van der Waals surface area contributed by atoms with E-state index in [0.717, 1.165) is 42.4 Å². The van der Waals surface area contributed by atoms with Crippen molar-refractivity contribution in [2.24, 2.45) is 0 Å². The van der Waals surface area contributed by atoms with E-state index >= 15 is 0 Å². The van der Waals surface area contributed by atoms with E-state index in [1.165, 1.54) is 5.56 Å². The summed E-state index contributed by atoms with van der Waals surface area (Å²) in [5.41, 5.74) is 4.31. The van der Waals surface area contributed by atoms with E-state index in [2.05, 4.69) is 36.5 Å². The molecule has 3 aromatic carbocycles. The van der Waals surface area contributed by atoms with Crippen molar-refractivity contribution in [1.82, 2.24) is 10.2 Å². The first-order valence-corrected chi connectivity index (χ1v) is 13.3. The number of halogens is 1. The number of carbonyl (C=O) groups excluding carboxylic acids is 2. The van der Waals surface area contributed by atoms with Gasteiger partial charge in [-0.3, -0.25) is 9.59 Å². The molecule has 0 saturated heterocycles. The van der Waals surface area contributed by atoms with Crippen LogP contribution in [0.3, 0.4) is 0 Å². The second-order valence-corrected chi connectivity index (χ2v) is 10.3. The number of amides is 2. The maximum Gasteiger partial charge on any atom is 0.243 e. The lowest BCUT2D eigenvalue weighted by Crippen LogP contribution is -2.52. The Bertz CT molecular complexity index is 1120. The van der Waals surface area contributed by atoms with Crippen LogP contribution in [0.2, 0.25) is 5.02 Å². The van der Waals surface area contributed by atoms with Crippen molar-refractivity contribution in [3.8, 4) is 0 Å². The summed E-state index contributed by atoms with van der Waals surface area (Å²) in [4.78, 5) is 29.2. The molecule has 0 bridgehead atoms. The number of benzene rings is 3. The number of hydrogen-bond donors (Lipinski definition) is 1. The van der Waals surface area contributed by atoms with Gasteiger partial charge in [-0.2, -0.15) is 0 Å². The van der Waals surface area contributed by atoms with Crippen LogP contribution >= 0.6 is 11.6 Å². The highest BCUT2D eigenvalue weighted by Crippen LogP contribution is 2.21. The Morgan fingerprint density at radius 2 is 1.53 bits per heavy atom. The lowest BCUT2D eigenvalue weighted by Gasteiger charge is -2.32. The molecule has 1 atom stereocenters. The topological polar surface area (TPSA) is 49.4 Å². The summed E-state index contributed by atoms with van der Waals surface area (Å²) < 4.78 is 0. The van der Waals surface area contributed by atoms with E-state index in [-0.39, 0.29) is 17.9 Å². The summed E-state index contributed by atoms with van der Waals surface area (Å²) in [7, 11) is 0. The van der Waals surface area contributed by atoms with Gasteiger partial charge in [0.25, 0.3) is 0 Å². The highest BCUT2D eigenvalue weighted by atomic mass is 35.5. The molecule has 0 aliphatic heterocycles. The Kier molecular flexibility index (Phi) is 9.18. The Hall–Kier alpha value is -3.11. The number of rotatable bonds is 10. The van der Waals surface area contributed by atoms with Gasteiger partial charge in [0.2, 0.25) is 11.8 Å². The SMILES string of the molecule is Cc1ccc(CCC(=O)N(Cc2ccc(Cl)cc2)C(Cc2ccccc2)C(=O)NC2CCCC2)cc1. The van der Waals surface area contributed by atoms with Crippen LogP contribution in [0.4, 0.5) is 0 Å². The van der Waals surface area contributed by atoms with Gasteiger partial charge in [0.05, 0.1) is 0 Å². The molecule has 3 aromatic rings. The van der Waals surface area contributed by atoms with Crippen LogP contribution in [0.25, 0.3) is 0 Å². The van der Waals surface area contributed by atoms with Crippen LogP contribution in [0.15, 0.2) is 78.9 Å². The normalized spacial score (nSPS) is 14.4. The molecule has 1 aliphatic carbocycles. The molecule has 1 unspecified atom stereocenters. The van der Waals surface area contributed by atoms with Crippen molar-refractivity contribution in [3.63, 3.8) is 0 Å². The van der Waals surface area contributed by atoms with Crippen LogP contribution in [-0.4, -0.2) is 28.8 Å². The van der Waals surface area contributed by atoms with Crippen LogP contribution < -0.4 is 5.32 Å². The Morgan fingerprint density at radius 1 is 0.889 bits per heavy atom. The molecular weight excluding hydrogens is 468 g/mol. The number of aryl methyl sites for hydroxylation is 2. The molecule has 1 saturated carbocycles. The second-order valence-electron chi connectivity index (χ2n) is 9.83. The summed E-state index contributed by atoms with van der Waals surface area (Å²) in [6.07, 6.45) is 5.74. The smallest absolute Gasteiger partial charge is 0.243 e. The molecule has 0 radical (unpaired) electrons. The van der Waals surface area contributed by atoms with Crippen LogP contribution in [0, 0.1) is 6.92 Å². The molecule has 36 heavy (non-hydrogen) atoms. The van der Waals surface area contributed by atoms with Crippen LogP contribution in [-0.2, 0) is 29.0 Å². The summed E-state index contributed by atoms with van der Waals surface area (Å²) in [6.45, 7) is 2.42. The van der Waals surface area contributed by atoms with Crippen molar-refractivity contribution in [3.05, 3.63) is 106 Å². The fourth-order valence-electron chi connectivity index (χ4n) is 4.86. The first-order chi connectivity index (χ1) is 17.5. The van der Waals surface area contributed by atoms with Crippen molar-refractivity contribution in [1.29, 1.82) is 0 Å². The first-order valence-electron chi connectivity index (χ1n) is 12.9. The molecule has 0 aromatic heterocycles. The molecule has 1 fully saturated rings. The van der Waals surface area contributed by atoms with Gasteiger partial charge in [-0.25, -0.2) is 0 Å². The van der Waals surface area contributed by atoms with Gasteiger partial charge in [-0.15, -0.1) is 0 Å². The number of nitrogens with one attached hydrogen (secondary N) is 1. The van der Waals surface area contributed by atoms with Crippen LogP contribution in [0.5, 0.6) is 0 Å². The molecular formula is C31H35ClN2O2. The van der Waals surface area contributed by atoms with E-state index < -0.39 is 6.04 Å². The number of hydrogen-bond acceptors (Lipinski definition) is 2. The summed E-state index contributed by atoms with van der Waals surface area (Å²) in [5.74, 6) is -0.0866. The van der Waals surface area contributed by atoms with E-state index in [1.54, 1.807) is 4.90 Å². The summed E-state index contributed by atoms with van der Waals surface area (Å²) in [6, 6.07) is 25.4. The third kappa shape index (κ3) is 7.44. The van der Waals surface area contributed by atoms with E-state index in [1.807, 2.05) is 54.6 Å². The van der Waals surface area contributed by atoms with Crippen LogP contribution in [0.1, 0.15) is 54.4 Å². The van der Waals surface area contributed by atoms with E-state index in [9.17, 15) is 9.59 Å². The molecule has 4 nitrogen and oxygen atoms in total. The van der Waals surface area contributed by atoms with Gasteiger partial charge in [-0.05, 0) is 55.0 Å². The highest BCUT2D eigenvalue weighted by Gasteiger charge is 2.32. The zero-order valence-corrected chi connectivity index (χ0v) is 21.7. The predicted molar refractivity (Wildman–Crippen MR) is 146 cm³/mol. The third-order valence-electron chi connectivity index (χ3n) is 6.99. The van der Waals surface area contributed by atoms with E-state index in [0.29, 0.717) is 30.8 Å². The maximum atomic E-state index is 13.7. The molecule has 5 heteroatoms. The van der Waals surface area contributed by atoms with Gasteiger partial charge in [0, 0.05) is 30.5 Å². The minimum absolute atomic E-state index is 0.0203. The molecule has 0 spiro atoms. The zero-order valence-electron chi connectivity index (χ0n) is 21.0. The quantitative estimate of drug-likeness (QED) is 0.354. The Balaban J connectivity index is 1.59. The van der Waals surface area contributed by atoms with Crippen molar-refractivity contribution in [2.75, 3.05) is 0 Å². The Labute approximate surface area is 219 Å². The van der Waals surface area contributed by atoms with Gasteiger partial charge >= 0.3 is 0 Å². The number of nitrogens with zero attached hydrogens (tertiary/aromatic N) is 1. The lowest BCUT2D eigenvalue weighted by atomic mass is 10.0. The van der Waals surface area contributed by atoms with E-state index in [4.69, 9.17) is 11.6 Å². The minimum Gasteiger partial charge on any atom is -0.352 e. The largest absolute Gasteiger partial charge is 0.352 e. The lowest BCUT2D eigenvalue weighted by molar-refractivity contribution is -0.141. The third-order valence-corrected chi connectivity index (χ3v) is 7.24. The van der Waals surface area contributed by atoms with Crippen molar-refractivity contribution >= 4 is 23.4 Å². The average molecular weight is 503 g/mol. The highest BCUT2D eigenvalue weighted by molar-refractivity contribution is 6.30. The number of carbonyl (C=O) groups is 2. The first kappa shape index (κ1) is 26.0. The predicted octanol–water partition coefficient (Wildman–Crippen LogP) is 6.28. The standard InChI is InChI=1S/C31H35ClN2O2/c1-23-11-13-24(14-12-23)17-20-30(35)34(22-26-15-18-27(32)19-16-26)29(21-25-7-3-2-4-8-25)31(36)33-28-9-5-6-10-28/h2-4,7-8,11-16,18-19,28-29H,5-6,9-10,17,20-22H2,1H3,(H,33,36). The molecule has 1 aliphatic rings. The fraction of sp³-hybridized carbons (Fsp3) is 0.355. The summed E-state index contributed by atoms with van der Waals surface area (Å²) in [5, 5.41) is 3.90. The minimum atomic E-state index is -0.589. The molecule has 1 N–H and O–H groups in total. The second kappa shape index (κ2) is 12.7.